The van der Waals surface area contributed by atoms with Crippen LogP contribution in [0.2, 0.25) is 5.02 Å². The van der Waals surface area contributed by atoms with Gasteiger partial charge in [-0.1, -0.05) is 49.9 Å². The van der Waals surface area contributed by atoms with E-state index in [0.717, 1.165) is 45.0 Å². The van der Waals surface area contributed by atoms with E-state index < -0.39 is 0 Å². The molecular weight excluding hydrogens is 516 g/mol. The van der Waals surface area contributed by atoms with Crippen molar-refractivity contribution in [3.05, 3.63) is 65.4 Å². The van der Waals surface area contributed by atoms with Gasteiger partial charge >= 0.3 is 0 Å². The Morgan fingerprint density at radius 2 is 1.84 bits per heavy atom. The van der Waals surface area contributed by atoms with Crippen LogP contribution < -0.4 is 20.5 Å². The van der Waals surface area contributed by atoms with E-state index in [1.165, 1.54) is 56.7 Å². The molecule has 1 saturated carbocycles. The first-order valence-electron chi connectivity index (χ1n) is 13.0. The molecule has 0 radical (unpaired) electrons. The van der Waals surface area contributed by atoms with Gasteiger partial charge in [-0.2, -0.15) is 0 Å². The van der Waals surface area contributed by atoms with E-state index in [1.54, 1.807) is 7.11 Å². The second-order valence-corrected chi connectivity index (χ2v) is 10.3. The third-order valence-electron chi connectivity index (χ3n) is 6.58. The molecule has 1 aliphatic carbocycles. The first-order valence-corrected chi connectivity index (χ1v) is 14.2. The van der Waals surface area contributed by atoms with E-state index in [4.69, 9.17) is 21.3 Å². The molecule has 4 aromatic rings. The average Bonchev–Trinajstić information content (AvgIpc) is 2.97. The fourth-order valence-electron chi connectivity index (χ4n) is 4.66. The Kier molecular flexibility index (Phi) is 10.0. The minimum Gasteiger partial charge on any atom is -0.496 e. The van der Waals surface area contributed by atoms with Crippen molar-refractivity contribution in [3.63, 3.8) is 0 Å². The standard InChI is InChI=1S/C28H30ClN5OS.CH5N/c1-3-18-13-19(14-20-16-31-28(33-27(18)20)32-21-9-5-4-6-10-21)22-17-30-26(15-24(22)35-2)34-36-25-12-8-7-11-23(25)29;1-2/h7-8,11-17,21H,3-6,9-10H2,1-2H3,(H,30,34)(H,31,32,33);2H2,1H3. The number of aryl methyl sites for hydroxylation is 1. The Morgan fingerprint density at radius 1 is 1.05 bits per heavy atom. The lowest BCUT2D eigenvalue weighted by molar-refractivity contribution is 0.416. The average molecular weight is 551 g/mol. The number of hydrogen-bond acceptors (Lipinski definition) is 8. The minimum atomic E-state index is 0.471. The molecule has 0 spiro atoms. The van der Waals surface area contributed by atoms with Crippen LogP contribution in [-0.4, -0.2) is 35.2 Å². The lowest BCUT2D eigenvalue weighted by Crippen LogP contribution is -2.23. The third-order valence-corrected chi connectivity index (χ3v) is 7.91. The van der Waals surface area contributed by atoms with E-state index in [-0.39, 0.29) is 0 Å². The largest absolute Gasteiger partial charge is 0.496 e. The van der Waals surface area contributed by atoms with Gasteiger partial charge < -0.3 is 20.5 Å². The van der Waals surface area contributed by atoms with Gasteiger partial charge in [-0.05, 0) is 73.7 Å². The Bertz CT molecular complexity index is 1360. The number of methoxy groups -OCH3 is 1. The number of benzene rings is 2. The van der Waals surface area contributed by atoms with Crippen molar-refractivity contribution in [3.8, 4) is 16.9 Å². The summed E-state index contributed by atoms with van der Waals surface area (Å²) in [5, 5.41) is 5.26. The predicted molar refractivity (Wildman–Crippen MR) is 160 cm³/mol. The van der Waals surface area contributed by atoms with Crippen molar-refractivity contribution in [1.29, 1.82) is 0 Å². The summed E-state index contributed by atoms with van der Waals surface area (Å²) in [7, 11) is 3.18. The van der Waals surface area contributed by atoms with Crippen LogP contribution in [0.3, 0.4) is 0 Å². The Labute approximate surface area is 234 Å². The van der Waals surface area contributed by atoms with Gasteiger partial charge in [0.15, 0.2) is 0 Å². The minimum absolute atomic E-state index is 0.471. The molecule has 38 heavy (non-hydrogen) atoms. The van der Waals surface area contributed by atoms with Crippen LogP contribution in [0, 0.1) is 0 Å². The second kappa shape index (κ2) is 13.6. The smallest absolute Gasteiger partial charge is 0.223 e. The van der Waals surface area contributed by atoms with Gasteiger partial charge in [0.2, 0.25) is 5.95 Å². The summed E-state index contributed by atoms with van der Waals surface area (Å²) >= 11 is 7.69. The number of ether oxygens (including phenoxy) is 1. The van der Waals surface area contributed by atoms with Gasteiger partial charge in [0, 0.05) is 40.3 Å². The van der Waals surface area contributed by atoms with Gasteiger partial charge in [-0.15, -0.1) is 0 Å². The number of hydrogen-bond donors (Lipinski definition) is 3. The highest BCUT2D eigenvalue weighted by atomic mass is 35.5. The molecule has 200 valence electrons. The molecule has 0 saturated heterocycles. The Balaban J connectivity index is 0.00000164. The molecule has 0 atom stereocenters. The summed E-state index contributed by atoms with van der Waals surface area (Å²) < 4.78 is 9.01. The van der Waals surface area contributed by atoms with Gasteiger partial charge in [0.05, 0.1) is 17.6 Å². The number of halogens is 1. The highest BCUT2D eigenvalue weighted by Gasteiger charge is 2.16. The van der Waals surface area contributed by atoms with Crippen molar-refractivity contribution in [2.45, 2.75) is 56.4 Å². The highest BCUT2D eigenvalue weighted by Crippen LogP contribution is 2.36. The second-order valence-electron chi connectivity index (χ2n) is 9.00. The van der Waals surface area contributed by atoms with E-state index in [2.05, 4.69) is 44.8 Å². The van der Waals surface area contributed by atoms with E-state index in [0.29, 0.717) is 16.9 Å². The summed E-state index contributed by atoms with van der Waals surface area (Å²) in [4.78, 5) is 15.1. The molecule has 2 aromatic heterocycles. The molecule has 0 unspecified atom stereocenters. The molecule has 5 rings (SSSR count). The molecular formula is C29H35ClN6OS. The zero-order chi connectivity index (χ0) is 26.9. The number of rotatable bonds is 8. The monoisotopic (exact) mass is 550 g/mol. The molecule has 1 aliphatic rings. The fraction of sp³-hybridized carbons (Fsp3) is 0.345. The highest BCUT2D eigenvalue weighted by molar-refractivity contribution is 8.00. The molecule has 0 amide bonds. The maximum Gasteiger partial charge on any atom is 0.223 e. The maximum absolute atomic E-state index is 6.27. The number of fused-ring (bicyclic) bond motifs is 1. The van der Waals surface area contributed by atoms with Gasteiger partial charge in [0.1, 0.15) is 11.6 Å². The number of nitrogens with two attached hydrogens (primary N) is 1. The topological polar surface area (TPSA) is 98.0 Å². The lowest BCUT2D eigenvalue weighted by Gasteiger charge is -2.22. The SMILES string of the molecule is CCc1cc(-c2cnc(NSc3ccccc3Cl)cc2OC)cc2cnc(NC3CCCCC3)nc12.CN. The first-order chi connectivity index (χ1) is 18.6. The Hall–Kier alpha value is -3.07. The van der Waals surface area contributed by atoms with Crippen LogP contribution in [0.5, 0.6) is 5.75 Å². The molecule has 0 aliphatic heterocycles. The van der Waals surface area contributed by atoms with Crippen LogP contribution in [0.25, 0.3) is 22.0 Å². The molecule has 7 nitrogen and oxygen atoms in total. The number of anilines is 2. The quantitative estimate of drug-likeness (QED) is 0.196. The summed E-state index contributed by atoms with van der Waals surface area (Å²) in [6.45, 7) is 2.16. The number of nitrogens with zero attached hydrogens (tertiary/aromatic N) is 3. The summed E-state index contributed by atoms with van der Waals surface area (Å²) in [6.07, 6.45) is 10.9. The lowest BCUT2D eigenvalue weighted by atomic mass is 9.96. The van der Waals surface area contributed by atoms with Gasteiger partial charge in [-0.3, -0.25) is 0 Å². The number of aromatic nitrogens is 3. The van der Waals surface area contributed by atoms with Gasteiger partial charge in [0.25, 0.3) is 0 Å². The van der Waals surface area contributed by atoms with Crippen molar-refractivity contribution < 1.29 is 4.74 Å². The molecule has 1 fully saturated rings. The molecule has 2 heterocycles. The molecule has 4 N–H and O–H groups in total. The normalized spacial score (nSPS) is 13.5. The maximum atomic E-state index is 6.27. The fourth-order valence-corrected chi connectivity index (χ4v) is 5.55. The van der Waals surface area contributed by atoms with E-state index >= 15 is 0 Å². The van der Waals surface area contributed by atoms with Crippen molar-refractivity contribution in [2.75, 3.05) is 24.2 Å². The molecule has 2 aromatic carbocycles. The van der Waals surface area contributed by atoms with Crippen molar-refractivity contribution >= 4 is 46.2 Å². The van der Waals surface area contributed by atoms with Crippen LogP contribution in [-0.2, 0) is 6.42 Å². The zero-order valence-electron chi connectivity index (χ0n) is 22.1. The number of pyridine rings is 1. The summed E-state index contributed by atoms with van der Waals surface area (Å²) in [6, 6.07) is 14.4. The Morgan fingerprint density at radius 3 is 2.58 bits per heavy atom. The number of nitrogens with one attached hydrogen (secondary N) is 2. The molecule has 0 bridgehead atoms. The van der Waals surface area contributed by atoms with Crippen LogP contribution in [0.4, 0.5) is 11.8 Å². The molecule has 9 heteroatoms. The summed E-state index contributed by atoms with van der Waals surface area (Å²) in [5.74, 6) is 2.16. The van der Waals surface area contributed by atoms with Crippen molar-refractivity contribution in [2.24, 2.45) is 5.73 Å². The third kappa shape index (κ3) is 6.67. The van der Waals surface area contributed by atoms with Crippen molar-refractivity contribution in [1.82, 2.24) is 15.0 Å². The van der Waals surface area contributed by atoms with Crippen LogP contribution in [0.15, 0.2) is 59.8 Å². The van der Waals surface area contributed by atoms with Crippen LogP contribution in [0.1, 0.15) is 44.6 Å². The summed E-state index contributed by atoms with van der Waals surface area (Å²) in [5.41, 5.74) is 8.63. The zero-order valence-corrected chi connectivity index (χ0v) is 23.7. The van der Waals surface area contributed by atoms with E-state index in [9.17, 15) is 0 Å². The predicted octanol–water partition coefficient (Wildman–Crippen LogP) is 7.35. The first kappa shape index (κ1) is 28.0. The van der Waals surface area contributed by atoms with Crippen LogP contribution >= 0.6 is 23.5 Å². The van der Waals surface area contributed by atoms with Gasteiger partial charge in [-0.25, -0.2) is 15.0 Å². The van der Waals surface area contributed by atoms with E-state index in [1.807, 2.05) is 42.7 Å².